The lowest BCUT2D eigenvalue weighted by Gasteiger charge is -2.08. The summed E-state index contributed by atoms with van der Waals surface area (Å²) in [7, 11) is 1.62. The molecule has 0 radical (unpaired) electrons. The number of anilines is 1. The van der Waals surface area contributed by atoms with Crippen molar-refractivity contribution in [2.45, 2.75) is 0 Å². The zero-order valence-corrected chi connectivity index (χ0v) is 11.2. The van der Waals surface area contributed by atoms with Crippen molar-refractivity contribution in [1.82, 2.24) is 14.5 Å². The fourth-order valence-corrected chi connectivity index (χ4v) is 2.16. The lowest BCUT2D eigenvalue weighted by Crippen LogP contribution is -2.21. The number of nitrogens with zero attached hydrogens (tertiary/aromatic N) is 4. The number of fused-ring (bicyclic) bond motifs is 1. The first kappa shape index (κ1) is 12.8. The Bertz CT molecular complexity index is 952. The quantitative estimate of drug-likeness (QED) is 0.726. The van der Waals surface area contributed by atoms with E-state index in [1.54, 1.807) is 37.4 Å². The molecule has 102 valence electrons. The second kappa shape index (κ2) is 4.72. The molecule has 6 nitrogen and oxygen atoms in total. The number of aryl methyl sites for hydroxylation is 1. The van der Waals surface area contributed by atoms with Crippen LogP contribution in [-0.2, 0) is 7.05 Å². The molecule has 21 heavy (non-hydrogen) atoms. The number of nitrogens with two attached hydrogens (primary N) is 1. The van der Waals surface area contributed by atoms with Gasteiger partial charge in [0.05, 0.1) is 17.3 Å². The van der Waals surface area contributed by atoms with Crippen LogP contribution in [0.3, 0.4) is 0 Å². The van der Waals surface area contributed by atoms with E-state index >= 15 is 0 Å². The third-order valence-corrected chi connectivity index (χ3v) is 3.25. The number of hydrogen-bond donors (Lipinski definition) is 1. The minimum absolute atomic E-state index is 0.252. The highest BCUT2D eigenvalue weighted by Gasteiger charge is 2.13. The van der Waals surface area contributed by atoms with Crippen LogP contribution in [0.1, 0.15) is 5.56 Å². The van der Waals surface area contributed by atoms with Gasteiger partial charge in [0.1, 0.15) is 11.2 Å². The summed E-state index contributed by atoms with van der Waals surface area (Å²) in [5, 5.41) is 8.96. The van der Waals surface area contributed by atoms with Crippen molar-refractivity contribution in [3.8, 4) is 17.3 Å². The normalized spacial score (nSPS) is 10.5. The molecule has 2 aromatic heterocycles. The first-order valence-corrected chi connectivity index (χ1v) is 6.23. The Balaban J connectivity index is 2.38. The van der Waals surface area contributed by atoms with Crippen LogP contribution in [0.4, 0.5) is 5.69 Å². The lowest BCUT2D eigenvalue weighted by atomic mass is 10.1. The molecule has 0 spiro atoms. The van der Waals surface area contributed by atoms with Gasteiger partial charge in [-0.15, -0.1) is 0 Å². The first-order valence-electron chi connectivity index (χ1n) is 6.23. The predicted molar refractivity (Wildman–Crippen MR) is 79.3 cm³/mol. The van der Waals surface area contributed by atoms with E-state index in [2.05, 4.69) is 9.97 Å². The molecule has 2 N–H and O–H groups in total. The second-order valence-electron chi connectivity index (χ2n) is 4.59. The van der Waals surface area contributed by atoms with Crippen LogP contribution >= 0.6 is 0 Å². The van der Waals surface area contributed by atoms with Crippen molar-refractivity contribution in [2.75, 3.05) is 5.73 Å². The van der Waals surface area contributed by atoms with Crippen LogP contribution in [0.5, 0.6) is 0 Å². The van der Waals surface area contributed by atoms with Gasteiger partial charge in [0.15, 0.2) is 5.65 Å². The molecule has 0 aliphatic heterocycles. The molecule has 1 aromatic carbocycles. The van der Waals surface area contributed by atoms with Gasteiger partial charge in [-0.2, -0.15) is 5.26 Å². The van der Waals surface area contributed by atoms with E-state index in [0.29, 0.717) is 28.0 Å². The molecule has 0 unspecified atom stereocenters. The third-order valence-electron chi connectivity index (χ3n) is 3.25. The largest absolute Gasteiger partial charge is 0.397 e. The van der Waals surface area contributed by atoms with E-state index < -0.39 is 0 Å². The van der Waals surface area contributed by atoms with Crippen molar-refractivity contribution in [3.63, 3.8) is 0 Å². The SMILES string of the molecule is Cn1c(=O)c(-c2cccc(C#N)c2)nc2c(N)ccnc21. The maximum atomic E-state index is 12.4. The topological polar surface area (TPSA) is 97.6 Å². The highest BCUT2D eigenvalue weighted by Crippen LogP contribution is 2.20. The molecule has 3 rings (SSSR count). The number of nitriles is 1. The summed E-state index contributed by atoms with van der Waals surface area (Å²) in [5.41, 5.74) is 8.28. The Hall–Kier alpha value is -3.20. The van der Waals surface area contributed by atoms with Gasteiger partial charge in [-0.05, 0) is 18.2 Å². The highest BCUT2D eigenvalue weighted by molar-refractivity contribution is 5.85. The number of hydrogen-bond acceptors (Lipinski definition) is 5. The average molecular weight is 277 g/mol. The summed E-state index contributed by atoms with van der Waals surface area (Å²) >= 11 is 0. The van der Waals surface area contributed by atoms with Gasteiger partial charge in [-0.25, -0.2) is 9.97 Å². The van der Waals surface area contributed by atoms with Crippen LogP contribution in [0.2, 0.25) is 0 Å². The van der Waals surface area contributed by atoms with Crippen LogP contribution in [0.25, 0.3) is 22.4 Å². The summed E-state index contributed by atoms with van der Waals surface area (Å²) in [4.78, 5) is 20.9. The molecule has 0 aliphatic carbocycles. The molecule has 0 amide bonds. The van der Waals surface area contributed by atoms with Crippen LogP contribution < -0.4 is 11.3 Å². The maximum absolute atomic E-state index is 12.4. The Morgan fingerprint density at radius 2 is 2.14 bits per heavy atom. The lowest BCUT2D eigenvalue weighted by molar-refractivity contribution is 0.878. The standard InChI is InChI=1S/C15H11N5O/c1-20-14-13(11(17)5-6-18-14)19-12(15(20)21)10-4-2-3-9(7-10)8-16/h2-7H,1H3,(H2,17,18). The fraction of sp³-hybridized carbons (Fsp3) is 0.0667. The molecule has 0 atom stereocenters. The van der Waals surface area contributed by atoms with Gasteiger partial charge in [0.25, 0.3) is 5.56 Å². The smallest absolute Gasteiger partial charge is 0.278 e. The Morgan fingerprint density at radius 3 is 2.90 bits per heavy atom. The van der Waals surface area contributed by atoms with E-state index in [1.807, 2.05) is 6.07 Å². The van der Waals surface area contributed by atoms with Crippen LogP contribution in [0, 0.1) is 11.3 Å². The fourth-order valence-electron chi connectivity index (χ4n) is 2.16. The predicted octanol–water partition coefficient (Wildman–Crippen LogP) is 1.45. The molecule has 2 heterocycles. The number of aromatic nitrogens is 3. The number of nitrogen functional groups attached to an aromatic ring is 1. The monoisotopic (exact) mass is 277 g/mol. The van der Waals surface area contributed by atoms with E-state index in [1.165, 1.54) is 10.8 Å². The maximum Gasteiger partial charge on any atom is 0.278 e. The van der Waals surface area contributed by atoms with Gasteiger partial charge < -0.3 is 5.73 Å². The van der Waals surface area contributed by atoms with E-state index in [0.717, 1.165) is 0 Å². The summed E-state index contributed by atoms with van der Waals surface area (Å²) in [6.07, 6.45) is 1.54. The molecule has 0 aliphatic rings. The van der Waals surface area contributed by atoms with Crippen molar-refractivity contribution >= 4 is 16.9 Å². The van der Waals surface area contributed by atoms with Gasteiger partial charge in [0.2, 0.25) is 0 Å². The van der Waals surface area contributed by atoms with Gasteiger partial charge in [-0.1, -0.05) is 12.1 Å². The summed E-state index contributed by atoms with van der Waals surface area (Å²) in [6.45, 7) is 0. The Labute approximate surface area is 120 Å². The zero-order valence-electron chi connectivity index (χ0n) is 11.2. The molecule has 3 aromatic rings. The summed E-state index contributed by atoms with van der Waals surface area (Å²) in [6, 6.07) is 10.4. The average Bonchev–Trinajstić information content (AvgIpc) is 2.51. The number of benzene rings is 1. The molecule has 0 fully saturated rings. The second-order valence-corrected chi connectivity index (χ2v) is 4.59. The van der Waals surface area contributed by atoms with Crippen molar-refractivity contribution in [3.05, 3.63) is 52.4 Å². The summed E-state index contributed by atoms with van der Waals surface area (Å²) in [5.74, 6) is 0. The molecular formula is C15H11N5O. The Kier molecular flexibility index (Phi) is 2.88. The zero-order chi connectivity index (χ0) is 15.0. The van der Waals surface area contributed by atoms with Crippen LogP contribution in [0.15, 0.2) is 41.3 Å². The minimum Gasteiger partial charge on any atom is -0.397 e. The van der Waals surface area contributed by atoms with Gasteiger partial charge in [-0.3, -0.25) is 9.36 Å². The number of pyridine rings is 1. The molecule has 0 saturated carbocycles. The molecular weight excluding hydrogens is 266 g/mol. The van der Waals surface area contributed by atoms with Crippen molar-refractivity contribution < 1.29 is 0 Å². The Morgan fingerprint density at radius 1 is 1.33 bits per heavy atom. The molecule has 0 bridgehead atoms. The van der Waals surface area contributed by atoms with E-state index in [4.69, 9.17) is 11.0 Å². The van der Waals surface area contributed by atoms with Gasteiger partial charge >= 0.3 is 0 Å². The van der Waals surface area contributed by atoms with E-state index in [9.17, 15) is 4.79 Å². The van der Waals surface area contributed by atoms with Crippen LogP contribution in [-0.4, -0.2) is 14.5 Å². The minimum atomic E-state index is -0.282. The highest BCUT2D eigenvalue weighted by atomic mass is 16.1. The van der Waals surface area contributed by atoms with Crippen molar-refractivity contribution in [2.24, 2.45) is 7.05 Å². The van der Waals surface area contributed by atoms with Crippen molar-refractivity contribution in [1.29, 1.82) is 5.26 Å². The number of rotatable bonds is 1. The molecule has 6 heteroatoms. The summed E-state index contributed by atoms with van der Waals surface area (Å²) < 4.78 is 1.41. The van der Waals surface area contributed by atoms with E-state index in [-0.39, 0.29) is 11.3 Å². The third kappa shape index (κ3) is 2.01. The molecule has 0 saturated heterocycles. The first-order chi connectivity index (χ1) is 10.1. The van der Waals surface area contributed by atoms with Gasteiger partial charge in [0, 0.05) is 18.8 Å².